The van der Waals surface area contributed by atoms with E-state index in [-0.39, 0.29) is 0 Å². The summed E-state index contributed by atoms with van der Waals surface area (Å²) in [6.45, 7) is 4.13. The second kappa shape index (κ2) is 6.91. The van der Waals surface area contributed by atoms with Crippen molar-refractivity contribution in [1.29, 1.82) is 0 Å². The minimum atomic E-state index is 0.572. The minimum absolute atomic E-state index is 0.572. The zero-order valence-corrected chi connectivity index (χ0v) is 13.0. The number of unbranched alkanes of at least 4 members (excludes halogenated alkanes) is 4. The van der Waals surface area contributed by atoms with E-state index in [2.05, 4.69) is 27.3 Å². The molecule has 0 aliphatic carbocycles. The molecular formula is C12H19N5S2. The molecule has 2 heterocycles. The molecule has 0 aromatic carbocycles. The van der Waals surface area contributed by atoms with Crippen LogP contribution in [0.1, 0.15) is 49.9 Å². The molecular weight excluding hydrogens is 278 g/mol. The minimum Gasteiger partial charge on any atom is -0.251 e. The van der Waals surface area contributed by atoms with Crippen LogP contribution in [0.25, 0.3) is 5.13 Å². The van der Waals surface area contributed by atoms with Crippen molar-refractivity contribution < 1.29 is 0 Å². The van der Waals surface area contributed by atoms with Gasteiger partial charge in [-0.05, 0) is 25.6 Å². The van der Waals surface area contributed by atoms with Crippen molar-refractivity contribution in [3.05, 3.63) is 15.6 Å². The Morgan fingerprint density at radius 1 is 1.21 bits per heavy atom. The highest BCUT2D eigenvalue weighted by Gasteiger charge is 2.10. The summed E-state index contributed by atoms with van der Waals surface area (Å²) in [5.41, 5.74) is 0. The third-order valence-corrected chi connectivity index (χ3v) is 4.22. The molecule has 0 radical (unpaired) electrons. The normalized spacial score (nSPS) is 11.1. The largest absolute Gasteiger partial charge is 0.251 e. The number of hydrogen-bond donors (Lipinski definition) is 1. The molecule has 0 atom stereocenters. The molecule has 7 heteroatoms. The Balaban J connectivity index is 1.94. The van der Waals surface area contributed by atoms with Crippen molar-refractivity contribution in [1.82, 2.24) is 25.0 Å². The van der Waals surface area contributed by atoms with E-state index in [1.807, 2.05) is 11.5 Å². The van der Waals surface area contributed by atoms with Gasteiger partial charge >= 0.3 is 0 Å². The second-order valence-corrected chi connectivity index (χ2v) is 5.98. The van der Waals surface area contributed by atoms with Gasteiger partial charge in [0, 0.05) is 6.42 Å². The summed E-state index contributed by atoms with van der Waals surface area (Å²) in [5.74, 6) is 0.815. The molecule has 0 aliphatic rings. The van der Waals surface area contributed by atoms with Gasteiger partial charge in [0.1, 0.15) is 10.8 Å². The first-order chi connectivity index (χ1) is 9.22. The molecule has 1 N–H and O–H groups in total. The molecule has 0 amide bonds. The fraction of sp³-hybridized carbons (Fsp3) is 0.667. The van der Waals surface area contributed by atoms with Crippen LogP contribution >= 0.6 is 23.6 Å². The summed E-state index contributed by atoms with van der Waals surface area (Å²) < 4.78 is 2.40. The molecule has 0 saturated heterocycles. The van der Waals surface area contributed by atoms with Crippen molar-refractivity contribution in [2.75, 3.05) is 0 Å². The number of aryl methyl sites for hydroxylation is 2. The monoisotopic (exact) mass is 297 g/mol. The molecule has 0 spiro atoms. The number of H-pyrrole nitrogens is 1. The van der Waals surface area contributed by atoms with Crippen molar-refractivity contribution in [2.45, 2.75) is 52.4 Å². The van der Waals surface area contributed by atoms with Crippen molar-refractivity contribution in [2.24, 2.45) is 0 Å². The van der Waals surface area contributed by atoms with Crippen LogP contribution in [0.2, 0.25) is 0 Å². The van der Waals surface area contributed by atoms with Gasteiger partial charge in [-0.2, -0.15) is 5.10 Å². The first-order valence-electron chi connectivity index (χ1n) is 6.69. The molecule has 2 aromatic heterocycles. The zero-order valence-electron chi connectivity index (χ0n) is 11.3. The molecule has 2 rings (SSSR count). The maximum absolute atomic E-state index is 5.18. The number of rotatable bonds is 7. The van der Waals surface area contributed by atoms with Gasteiger partial charge in [-0.25, -0.2) is 4.57 Å². The van der Waals surface area contributed by atoms with Gasteiger partial charge in [0.05, 0.1) is 0 Å². The fourth-order valence-electron chi connectivity index (χ4n) is 1.92. The Morgan fingerprint density at radius 2 is 2.00 bits per heavy atom. The predicted molar refractivity (Wildman–Crippen MR) is 79.4 cm³/mol. The molecule has 0 aliphatic heterocycles. The number of aromatic nitrogens is 5. The first kappa shape index (κ1) is 14.3. The molecule has 0 unspecified atom stereocenters. The topological polar surface area (TPSA) is 59.4 Å². The van der Waals surface area contributed by atoms with E-state index in [1.165, 1.54) is 32.1 Å². The Hall–Kier alpha value is -1.08. The summed E-state index contributed by atoms with van der Waals surface area (Å²) in [6.07, 6.45) is 7.38. The first-order valence-corrected chi connectivity index (χ1v) is 7.91. The third-order valence-electron chi connectivity index (χ3n) is 2.98. The lowest BCUT2D eigenvalue weighted by atomic mass is 10.1. The lowest BCUT2D eigenvalue weighted by molar-refractivity contribution is 0.629. The van der Waals surface area contributed by atoms with E-state index in [0.717, 1.165) is 22.4 Å². The predicted octanol–water partition coefficient (Wildman–Crippen LogP) is 3.60. The van der Waals surface area contributed by atoms with Crippen LogP contribution in [0.4, 0.5) is 0 Å². The highest BCUT2D eigenvalue weighted by Crippen LogP contribution is 2.18. The van der Waals surface area contributed by atoms with E-state index < -0.39 is 0 Å². The Kier molecular flexibility index (Phi) is 5.21. The molecule has 2 aromatic rings. The lowest BCUT2D eigenvalue weighted by Gasteiger charge is -1.97. The maximum Gasteiger partial charge on any atom is 0.220 e. The van der Waals surface area contributed by atoms with E-state index in [9.17, 15) is 0 Å². The Bertz CT molecular complexity index is 569. The molecule has 104 valence electrons. The summed E-state index contributed by atoms with van der Waals surface area (Å²) in [6, 6.07) is 0. The number of aromatic amines is 1. The van der Waals surface area contributed by atoms with E-state index >= 15 is 0 Å². The quantitative estimate of drug-likeness (QED) is 0.626. The van der Waals surface area contributed by atoms with Crippen molar-refractivity contribution >= 4 is 23.6 Å². The Labute approximate surface area is 122 Å². The van der Waals surface area contributed by atoms with Crippen LogP contribution in [0.15, 0.2) is 0 Å². The van der Waals surface area contributed by atoms with Crippen molar-refractivity contribution in [3.63, 3.8) is 0 Å². The second-order valence-electron chi connectivity index (χ2n) is 4.55. The fourth-order valence-corrected chi connectivity index (χ4v) is 3.17. The number of hydrogen-bond acceptors (Lipinski definition) is 5. The van der Waals surface area contributed by atoms with Crippen LogP contribution in [-0.2, 0) is 6.42 Å². The van der Waals surface area contributed by atoms with Gasteiger partial charge in [-0.3, -0.25) is 5.10 Å². The van der Waals surface area contributed by atoms with Crippen LogP contribution in [0.3, 0.4) is 0 Å². The van der Waals surface area contributed by atoms with Crippen LogP contribution in [0.5, 0.6) is 0 Å². The average molecular weight is 297 g/mol. The highest BCUT2D eigenvalue weighted by atomic mass is 32.1. The van der Waals surface area contributed by atoms with Crippen LogP contribution in [-0.4, -0.2) is 25.0 Å². The lowest BCUT2D eigenvalue weighted by Crippen LogP contribution is -1.95. The molecule has 0 fully saturated rings. The molecule has 5 nitrogen and oxygen atoms in total. The van der Waals surface area contributed by atoms with Gasteiger partial charge in [0.15, 0.2) is 0 Å². The van der Waals surface area contributed by atoms with Gasteiger partial charge in [0.25, 0.3) is 0 Å². The molecule has 19 heavy (non-hydrogen) atoms. The van der Waals surface area contributed by atoms with Gasteiger partial charge < -0.3 is 0 Å². The summed E-state index contributed by atoms with van der Waals surface area (Å²) in [4.78, 5) is 0. The zero-order chi connectivity index (χ0) is 13.7. The van der Waals surface area contributed by atoms with E-state index in [4.69, 9.17) is 12.2 Å². The van der Waals surface area contributed by atoms with Crippen LogP contribution < -0.4 is 0 Å². The number of nitrogens with one attached hydrogen (secondary N) is 1. The standard InChI is InChI=1S/C12H19N5S2/c1-3-4-5-6-7-8-10-14-16-12(19-10)17-9(2)13-15-11(17)18/h3-8H2,1-2H3,(H,15,18). The summed E-state index contributed by atoms with van der Waals surface area (Å²) in [7, 11) is 0. The van der Waals surface area contributed by atoms with E-state index in [1.54, 1.807) is 11.3 Å². The van der Waals surface area contributed by atoms with E-state index in [0.29, 0.717) is 4.77 Å². The molecule has 0 bridgehead atoms. The molecule has 0 saturated carbocycles. The maximum atomic E-state index is 5.18. The Morgan fingerprint density at radius 3 is 2.68 bits per heavy atom. The van der Waals surface area contributed by atoms with Gasteiger partial charge in [-0.1, -0.05) is 43.9 Å². The number of nitrogens with zero attached hydrogens (tertiary/aromatic N) is 4. The summed E-state index contributed by atoms with van der Waals surface area (Å²) >= 11 is 6.78. The average Bonchev–Trinajstić information content (AvgIpc) is 2.96. The highest BCUT2D eigenvalue weighted by molar-refractivity contribution is 7.71. The van der Waals surface area contributed by atoms with Gasteiger partial charge in [-0.15, -0.1) is 10.2 Å². The van der Waals surface area contributed by atoms with Crippen molar-refractivity contribution in [3.8, 4) is 5.13 Å². The summed E-state index contributed by atoms with van der Waals surface area (Å²) in [5, 5.41) is 17.2. The van der Waals surface area contributed by atoms with Crippen LogP contribution in [0, 0.1) is 11.7 Å². The smallest absolute Gasteiger partial charge is 0.220 e. The SMILES string of the molecule is CCCCCCCc1nnc(-n2c(C)n[nH]c2=S)s1. The third kappa shape index (κ3) is 3.70. The van der Waals surface area contributed by atoms with Gasteiger partial charge in [0.2, 0.25) is 9.90 Å².